The fourth-order valence-electron chi connectivity index (χ4n) is 12.2. The van der Waals surface area contributed by atoms with Gasteiger partial charge in [-0.1, -0.05) is 36.4 Å². The Labute approximate surface area is 394 Å². The van der Waals surface area contributed by atoms with E-state index >= 15 is 0 Å². The summed E-state index contributed by atoms with van der Waals surface area (Å²) in [4.78, 5) is 71.4. The molecule has 2 saturated carbocycles. The van der Waals surface area contributed by atoms with E-state index in [1.807, 2.05) is 15.9 Å². The van der Waals surface area contributed by atoms with Crippen LogP contribution in [-0.2, 0) is 35.0 Å². The zero-order chi connectivity index (χ0) is 46.2. The van der Waals surface area contributed by atoms with Crippen molar-refractivity contribution in [3.05, 3.63) is 84.2 Å². The van der Waals surface area contributed by atoms with E-state index < -0.39 is 24.3 Å². The molecule has 7 aliphatic rings. The lowest BCUT2D eigenvalue weighted by Crippen LogP contribution is -2.56. The quantitative estimate of drug-likeness (QED) is 0.127. The van der Waals surface area contributed by atoms with Gasteiger partial charge >= 0.3 is 12.2 Å². The lowest BCUT2D eigenvalue weighted by atomic mass is 9.90. The number of benzene rings is 4. The van der Waals surface area contributed by atoms with E-state index in [2.05, 4.69) is 82.3 Å². The zero-order valence-electron chi connectivity index (χ0n) is 38.4. The highest BCUT2D eigenvalue weighted by atomic mass is 16.5. The van der Waals surface area contributed by atoms with Crippen LogP contribution in [0.3, 0.4) is 0 Å². The van der Waals surface area contributed by atoms with Gasteiger partial charge in [0.15, 0.2) is 0 Å². The molecule has 15 nitrogen and oxygen atoms in total. The molecule has 6 fully saturated rings. The highest BCUT2D eigenvalue weighted by molar-refractivity contribution is 6.02. The fraction of sp³-hybridized carbons (Fsp3) is 0.472. The summed E-state index contributed by atoms with van der Waals surface area (Å²) in [5.41, 5.74) is 9.30. The van der Waals surface area contributed by atoms with Gasteiger partial charge in [0.1, 0.15) is 17.9 Å². The van der Waals surface area contributed by atoms with Gasteiger partial charge in [-0.2, -0.15) is 0 Å². The van der Waals surface area contributed by atoms with Crippen LogP contribution in [0.2, 0.25) is 0 Å². The van der Waals surface area contributed by atoms with Crippen molar-refractivity contribution in [3.63, 3.8) is 0 Å². The average molecular weight is 920 g/mol. The molecule has 15 heteroatoms. The molecule has 0 unspecified atom stereocenters. The lowest BCUT2D eigenvalue weighted by Gasteiger charge is -2.36. The molecular weight excluding hydrogens is 863 g/mol. The van der Waals surface area contributed by atoms with Crippen LogP contribution >= 0.6 is 0 Å². The van der Waals surface area contributed by atoms with Crippen molar-refractivity contribution in [2.75, 3.05) is 40.6 Å². The molecule has 4 amide bonds. The number of nitrogens with zero attached hydrogens (tertiary/aromatic N) is 4. The maximum atomic E-state index is 14.4. The molecule has 0 radical (unpaired) electrons. The van der Waals surface area contributed by atoms with Crippen LogP contribution < -0.4 is 10.6 Å². The van der Waals surface area contributed by atoms with Gasteiger partial charge in [0.25, 0.3) is 0 Å². The molecule has 4 aromatic carbocycles. The first-order valence-corrected chi connectivity index (χ1v) is 24.4. The normalized spacial score (nSPS) is 26.1. The number of carbonyl (C=O) groups excluding carboxylic acids is 4. The number of aromatic nitrogens is 2. The van der Waals surface area contributed by atoms with Crippen molar-refractivity contribution in [2.24, 2.45) is 28.7 Å². The Balaban J connectivity index is 0.743. The molecule has 12 rings (SSSR count). The Bertz CT molecular complexity index is 2870. The number of hydrogen-bond acceptors (Lipinski definition) is 10. The van der Waals surface area contributed by atoms with Crippen LogP contribution in [0.15, 0.2) is 77.8 Å². The van der Waals surface area contributed by atoms with Gasteiger partial charge in [0, 0.05) is 50.6 Å². The van der Waals surface area contributed by atoms with Gasteiger partial charge in [0.05, 0.1) is 43.0 Å². The van der Waals surface area contributed by atoms with Crippen LogP contribution in [0.4, 0.5) is 15.3 Å². The Kier molecular flexibility index (Phi) is 11.0. The van der Waals surface area contributed by atoms with E-state index in [9.17, 15) is 19.2 Å². The number of aromatic amines is 1. The number of carbonyl (C=O) groups is 4. The summed E-state index contributed by atoms with van der Waals surface area (Å²) in [5, 5.41) is 8.04. The molecule has 5 aromatic rings. The molecule has 352 valence electrons. The molecule has 5 aliphatic heterocycles. The topological polar surface area (TPSA) is 177 Å². The van der Waals surface area contributed by atoms with E-state index in [1.54, 1.807) is 0 Å². The van der Waals surface area contributed by atoms with E-state index in [-0.39, 0.29) is 47.8 Å². The highest BCUT2D eigenvalue weighted by Gasteiger charge is 2.58. The minimum atomic E-state index is -0.676. The SMILES string of the molecule is COC(=O)N[C@H](C(=O)N1[C@@H]2C[C@@H]2C[C@H]1C1=Nc2ccc(-c3ccc4cc(-c5ccc6nc([C@@H]7C[C@H]8C[C@H]8N7C(=O)[C@@H](NC(=O)OC)C7CCOCC7)[nH]c6c5)ccc4c3)cc2C1)C1CCOCC1. The molecular formula is C53H57N7O8. The minimum absolute atomic E-state index is 0.00495. The molecule has 8 atom stereocenters. The van der Waals surface area contributed by atoms with Crippen LogP contribution in [0.5, 0.6) is 0 Å². The third kappa shape index (κ3) is 7.86. The summed E-state index contributed by atoms with van der Waals surface area (Å²) < 4.78 is 21.1. The standard InChI is InChI=1S/C53H57N7O8/c1-65-52(63)57-47(28-11-15-67-16-12-28)50(61)59-43-24-37(43)26-45(59)42-23-36-21-34(7-9-39(36)54-42)32-4-3-31-20-33(6-5-30(31)19-32)35-8-10-40-41(22-35)56-49(55-40)46-27-38-25-44(38)60(46)51(62)48(58-53(64)66-2)29-13-17-68-18-14-29/h3-10,19-22,28-29,37-38,43-48H,11-18,23-27H2,1-2H3,(H,55,56)(H,57,63)(H,58,64)/t37-,38-,43-,44-,45+,46+,47+,48+/m1/s1. The van der Waals surface area contributed by atoms with Crippen molar-refractivity contribution in [1.82, 2.24) is 30.4 Å². The van der Waals surface area contributed by atoms with Crippen molar-refractivity contribution in [2.45, 2.75) is 94.0 Å². The van der Waals surface area contributed by atoms with E-state index in [0.29, 0.717) is 70.4 Å². The number of hydrogen-bond donors (Lipinski definition) is 3. The predicted octanol–water partition coefficient (Wildman–Crippen LogP) is 7.63. The van der Waals surface area contributed by atoms with Crippen molar-refractivity contribution >= 4 is 57.2 Å². The van der Waals surface area contributed by atoms with Crippen molar-refractivity contribution in [3.8, 4) is 22.3 Å². The molecule has 68 heavy (non-hydrogen) atoms. The minimum Gasteiger partial charge on any atom is -0.453 e. The molecule has 4 saturated heterocycles. The van der Waals surface area contributed by atoms with Crippen LogP contribution in [-0.4, -0.2) is 120 Å². The van der Waals surface area contributed by atoms with Crippen molar-refractivity contribution in [1.29, 1.82) is 0 Å². The Morgan fingerprint density at radius 2 is 1.16 bits per heavy atom. The first-order chi connectivity index (χ1) is 33.2. The summed E-state index contributed by atoms with van der Waals surface area (Å²) in [6.45, 7) is 2.29. The lowest BCUT2D eigenvalue weighted by molar-refractivity contribution is -0.138. The molecule has 0 spiro atoms. The van der Waals surface area contributed by atoms with Gasteiger partial charge in [-0.05, 0) is 150 Å². The summed E-state index contributed by atoms with van der Waals surface area (Å²) in [6.07, 6.45) is 6.06. The monoisotopic (exact) mass is 919 g/mol. The van der Waals surface area contributed by atoms with Gasteiger partial charge in [-0.3, -0.25) is 14.6 Å². The first-order valence-electron chi connectivity index (χ1n) is 24.4. The Morgan fingerprint density at radius 1 is 0.647 bits per heavy atom. The maximum absolute atomic E-state index is 14.4. The van der Waals surface area contributed by atoms with E-state index in [0.717, 1.165) is 92.5 Å². The van der Waals surface area contributed by atoms with Crippen LogP contribution in [0, 0.1) is 23.7 Å². The molecule has 1 aromatic heterocycles. The third-order valence-corrected chi connectivity index (χ3v) is 16.1. The van der Waals surface area contributed by atoms with Gasteiger partial charge < -0.3 is 44.4 Å². The largest absolute Gasteiger partial charge is 0.453 e. The Morgan fingerprint density at radius 3 is 1.75 bits per heavy atom. The smallest absolute Gasteiger partial charge is 0.407 e. The fourth-order valence-corrected chi connectivity index (χ4v) is 12.2. The molecule has 3 N–H and O–H groups in total. The number of H-pyrrole nitrogens is 1. The summed E-state index contributed by atoms with van der Waals surface area (Å²) in [5.74, 6) is 1.55. The number of ether oxygens (including phenoxy) is 4. The second-order valence-corrected chi connectivity index (χ2v) is 20.0. The summed E-state index contributed by atoms with van der Waals surface area (Å²) in [6, 6.07) is 24.7. The molecule has 6 heterocycles. The number of amides is 4. The first kappa shape index (κ1) is 43.0. The third-order valence-electron chi connectivity index (χ3n) is 16.1. The van der Waals surface area contributed by atoms with Gasteiger partial charge in [0.2, 0.25) is 11.8 Å². The van der Waals surface area contributed by atoms with Gasteiger partial charge in [-0.15, -0.1) is 0 Å². The summed E-state index contributed by atoms with van der Waals surface area (Å²) in [7, 11) is 2.66. The number of rotatable bonds is 10. The number of methoxy groups -OCH3 is 2. The second-order valence-electron chi connectivity index (χ2n) is 20.0. The van der Waals surface area contributed by atoms with Crippen LogP contribution in [0.25, 0.3) is 44.1 Å². The number of piperidine rings is 2. The highest BCUT2D eigenvalue weighted by Crippen LogP contribution is 2.54. The molecule has 2 aliphatic carbocycles. The number of fused-ring (bicyclic) bond motifs is 5. The number of nitrogens with one attached hydrogen (secondary N) is 3. The van der Waals surface area contributed by atoms with Crippen molar-refractivity contribution < 1.29 is 38.1 Å². The van der Waals surface area contributed by atoms with E-state index in [4.69, 9.17) is 28.9 Å². The number of aliphatic imine (C=N–C) groups is 1. The van der Waals surface area contributed by atoms with E-state index in [1.165, 1.54) is 14.2 Å². The predicted molar refractivity (Wildman–Crippen MR) is 254 cm³/mol. The molecule has 0 bridgehead atoms. The van der Waals surface area contributed by atoms with Gasteiger partial charge in [-0.25, -0.2) is 14.6 Å². The second kappa shape index (κ2) is 17.3. The van der Waals surface area contributed by atoms with Crippen LogP contribution in [0.1, 0.15) is 68.8 Å². The number of likely N-dealkylation sites (tertiary alicyclic amines) is 2. The Hall–Kier alpha value is -6.32. The maximum Gasteiger partial charge on any atom is 0.407 e. The number of alkyl carbamates (subject to hydrolysis) is 2. The summed E-state index contributed by atoms with van der Waals surface area (Å²) >= 11 is 0. The zero-order valence-corrected chi connectivity index (χ0v) is 38.4. The number of imidazole rings is 1. The average Bonchev–Trinajstić information content (AvgIpc) is 4.04.